The molecule has 32 heavy (non-hydrogen) atoms. The Morgan fingerprint density at radius 3 is 2.41 bits per heavy atom. The van der Waals surface area contributed by atoms with E-state index in [0.29, 0.717) is 0 Å². The van der Waals surface area contributed by atoms with Crippen molar-refractivity contribution < 1.29 is 27.6 Å². The molecule has 12 heteroatoms. The molecule has 2 rings (SSSR count). The van der Waals surface area contributed by atoms with E-state index in [2.05, 4.69) is 15.6 Å². The van der Waals surface area contributed by atoms with Gasteiger partial charge in [-0.15, -0.1) is 4.68 Å². The number of carbonyl (C=O) groups is 2. The molecule has 0 bridgehead atoms. The number of amides is 1. The van der Waals surface area contributed by atoms with Crippen LogP contribution in [0.5, 0.6) is 0 Å². The second-order valence-electron chi connectivity index (χ2n) is 8.07. The number of anilines is 1. The molecule has 1 amide bonds. The Bertz CT molecular complexity index is 1150. The lowest BCUT2D eigenvalue weighted by Gasteiger charge is -2.19. The number of nitrogens with zero attached hydrogens (tertiary/aromatic N) is 3. The maximum Gasteiger partial charge on any atom is 0.437 e. The summed E-state index contributed by atoms with van der Waals surface area (Å²) in [5.41, 5.74) is -0.735. The second-order valence-corrected chi connectivity index (χ2v) is 10.5. The summed E-state index contributed by atoms with van der Waals surface area (Å²) in [5, 5.41) is 10.2. The van der Waals surface area contributed by atoms with Crippen molar-refractivity contribution in [2.24, 2.45) is 5.16 Å². The highest BCUT2D eigenvalue weighted by molar-refractivity contribution is 7.90. The summed E-state index contributed by atoms with van der Waals surface area (Å²) in [6.45, 7) is 8.53. The number of aromatic nitrogens is 2. The summed E-state index contributed by atoms with van der Waals surface area (Å²) >= 11 is 6.11. The first-order chi connectivity index (χ1) is 14.7. The SMILES string of the molecule is CC(C)O/N=C(\C(=O)Nc1ccnn1C(=O)OC(C)(C)C)c1ccc(S(C)(=O)=O)c(Cl)c1. The second kappa shape index (κ2) is 9.70. The standard InChI is InChI=1S/C20H25ClN4O6S/c1-12(2)31-24-17(13-7-8-15(14(21)11-13)32(6,28)29)18(26)23-16-9-10-22-25(16)19(27)30-20(3,4)5/h7-12H,1-6H3,(H,23,26)/b24-17-. The summed E-state index contributed by atoms with van der Waals surface area (Å²) in [5.74, 6) is -0.695. The van der Waals surface area contributed by atoms with Crippen LogP contribution in [0.15, 0.2) is 40.5 Å². The number of hydrogen-bond acceptors (Lipinski definition) is 8. The molecule has 0 atom stereocenters. The highest BCUT2D eigenvalue weighted by Gasteiger charge is 2.24. The molecule has 0 radical (unpaired) electrons. The first kappa shape index (κ1) is 25.3. The third-order valence-electron chi connectivity index (χ3n) is 3.63. The molecule has 10 nitrogen and oxygen atoms in total. The van der Waals surface area contributed by atoms with Gasteiger partial charge >= 0.3 is 6.09 Å². The van der Waals surface area contributed by atoms with Crippen molar-refractivity contribution in [2.45, 2.75) is 51.2 Å². The van der Waals surface area contributed by atoms with Crippen LogP contribution in [-0.2, 0) is 24.2 Å². The van der Waals surface area contributed by atoms with Crippen LogP contribution in [-0.4, -0.2) is 53.9 Å². The lowest BCUT2D eigenvalue weighted by atomic mass is 10.1. The van der Waals surface area contributed by atoms with Gasteiger partial charge in [-0.2, -0.15) is 5.10 Å². The van der Waals surface area contributed by atoms with E-state index in [0.717, 1.165) is 10.9 Å². The predicted octanol–water partition coefficient (Wildman–Crippen LogP) is 3.49. The number of halogens is 1. The monoisotopic (exact) mass is 484 g/mol. The third-order valence-corrected chi connectivity index (χ3v) is 5.21. The molecule has 1 heterocycles. The number of oxime groups is 1. The number of sulfone groups is 1. The van der Waals surface area contributed by atoms with Crippen LogP contribution in [0.1, 0.15) is 40.2 Å². The Hall–Kier alpha value is -2.92. The predicted molar refractivity (Wildman–Crippen MR) is 120 cm³/mol. The maximum atomic E-state index is 13.0. The first-order valence-corrected chi connectivity index (χ1v) is 11.8. The molecule has 1 N–H and O–H groups in total. The zero-order valence-corrected chi connectivity index (χ0v) is 20.1. The van der Waals surface area contributed by atoms with Crippen molar-refractivity contribution in [2.75, 3.05) is 11.6 Å². The third kappa shape index (κ3) is 6.79. The molecule has 1 aromatic heterocycles. The minimum atomic E-state index is -3.56. The Morgan fingerprint density at radius 2 is 1.88 bits per heavy atom. The number of hydrogen-bond donors (Lipinski definition) is 1. The normalized spacial score (nSPS) is 12.6. The van der Waals surface area contributed by atoms with Crippen molar-refractivity contribution in [3.05, 3.63) is 41.0 Å². The van der Waals surface area contributed by atoms with Crippen LogP contribution in [0.4, 0.5) is 10.6 Å². The van der Waals surface area contributed by atoms with Crippen molar-refractivity contribution in [3.63, 3.8) is 0 Å². The van der Waals surface area contributed by atoms with E-state index in [1.807, 2.05) is 0 Å². The molecular formula is C20H25ClN4O6S. The number of rotatable bonds is 6. The lowest BCUT2D eigenvalue weighted by molar-refractivity contribution is -0.110. The van der Waals surface area contributed by atoms with E-state index in [1.54, 1.807) is 34.6 Å². The van der Waals surface area contributed by atoms with E-state index in [4.69, 9.17) is 21.2 Å². The fourth-order valence-corrected chi connectivity index (χ4v) is 3.69. The largest absolute Gasteiger partial charge is 0.442 e. The fraction of sp³-hybridized carbons (Fsp3) is 0.400. The summed E-state index contributed by atoms with van der Waals surface area (Å²) in [6, 6.07) is 5.36. The highest BCUT2D eigenvalue weighted by atomic mass is 35.5. The maximum absolute atomic E-state index is 13.0. The van der Waals surface area contributed by atoms with Gasteiger partial charge in [-0.3, -0.25) is 4.79 Å². The molecule has 0 unspecified atom stereocenters. The van der Waals surface area contributed by atoms with Crippen molar-refractivity contribution >= 4 is 45.0 Å². The quantitative estimate of drug-likeness (QED) is 0.490. The van der Waals surface area contributed by atoms with Gasteiger partial charge in [0.2, 0.25) is 0 Å². The molecule has 174 valence electrons. The molecule has 0 aliphatic rings. The molecule has 0 fully saturated rings. The number of nitrogens with one attached hydrogen (secondary N) is 1. The van der Waals surface area contributed by atoms with Gasteiger partial charge in [0.25, 0.3) is 5.91 Å². The molecule has 0 saturated heterocycles. The molecule has 0 spiro atoms. The van der Waals surface area contributed by atoms with Crippen molar-refractivity contribution in [1.29, 1.82) is 0 Å². The Kier molecular flexibility index (Phi) is 7.68. The van der Waals surface area contributed by atoms with Gasteiger partial charge in [0.1, 0.15) is 17.5 Å². The highest BCUT2D eigenvalue weighted by Crippen LogP contribution is 2.23. The number of ether oxygens (including phenoxy) is 1. The Morgan fingerprint density at radius 1 is 1.22 bits per heavy atom. The number of carbonyl (C=O) groups excluding carboxylic acids is 2. The van der Waals surface area contributed by atoms with Crippen LogP contribution in [0, 0.1) is 0 Å². The van der Waals surface area contributed by atoms with Gasteiger partial charge in [0.05, 0.1) is 16.1 Å². The topological polar surface area (TPSA) is 129 Å². The zero-order chi connectivity index (χ0) is 24.3. The first-order valence-electron chi connectivity index (χ1n) is 9.51. The van der Waals surface area contributed by atoms with Gasteiger partial charge in [-0.1, -0.05) is 22.8 Å². The van der Waals surface area contributed by atoms with Crippen LogP contribution in [0.25, 0.3) is 0 Å². The molecule has 2 aromatic rings. The van der Waals surface area contributed by atoms with E-state index >= 15 is 0 Å². The Labute approximate surface area is 191 Å². The molecule has 1 aromatic carbocycles. The van der Waals surface area contributed by atoms with Gasteiger partial charge in [0.15, 0.2) is 15.5 Å². The fourth-order valence-electron chi connectivity index (χ4n) is 2.36. The molecular weight excluding hydrogens is 460 g/mol. The summed E-state index contributed by atoms with van der Waals surface area (Å²) in [4.78, 5) is 30.5. The average Bonchev–Trinajstić information content (AvgIpc) is 3.07. The minimum Gasteiger partial charge on any atom is -0.442 e. The van der Waals surface area contributed by atoms with Crippen LogP contribution >= 0.6 is 11.6 Å². The zero-order valence-electron chi connectivity index (χ0n) is 18.5. The average molecular weight is 485 g/mol. The van der Waals surface area contributed by atoms with E-state index in [-0.39, 0.29) is 33.1 Å². The summed E-state index contributed by atoms with van der Waals surface area (Å²) in [6.07, 6.45) is 1.22. The molecule has 0 aliphatic carbocycles. The summed E-state index contributed by atoms with van der Waals surface area (Å²) < 4.78 is 29.8. The van der Waals surface area contributed by atoms with E-state index in [1.165, 1.54) is 30.5 Å². The minimum absolute atomic E-state index is 0.0420. The van der Waals surface area contributed by atoms with E-state index < -0.39 is 27.4 Å². The van der Waals surface area contributed by atoms with Gasteiger partial charge in [0, 0.05) is 17.9 Å². The van der Waals surface area contributed by atoms with Crippen molar-refractivity contribution in [3.8, 4) is 0 Å². The van der Waals surface area contributed by atoms with Crippen molar-refractivity contribution in [1.82, 2.24) is 9.78 Å². The van der Waals surface area contributed by atoms with Gasteiger partial charge < -0.3 is 14.9 Å². The van der Waals surface area contributed by atoms with Crippen LogP contribution in [0.2, 0.25) is 5.02 Å². The Balaban J connectivity index is 2.39. The lowest BCUT2D eigenvalue weighted by Crippen LogP contribution is -2.31. The number of benzene rings is 1. The van der Waals surface area contributed by atoms with Gasteiger partial charge in [-0.05, 0) is 46.8 Å². The summed E-state index contributed by atoms with van der Waals surface area (Å²) in [7, 11) is -3.56. The molecule has 0 saturated carbocycles. The van der Waals surface area contributed by atoms with E-state index in [9.17, 15) is 18.0 Å². The van der Waals surface area contributed by atoms with Crippen LogP contribution in [0.3, 0.4) is 0 Å². The van der Waals surface area contributed by atoms with Gasteiger partial charge in [-0.25, -0.2) is 13.2 Å². The molecule has 0 aliphatic heterocycles. The van der Waals surface area contributed by atoms with Crippen LogP contribution < -0.4 is 5.32 Å². The smallest absolute Gasteiger partial charge is 0.437 e.